The Morgan fingerprint density at radius 3 is 2.90 bits per heavy atom. The molecule has 0 spiro atoms. The number of halogens is 1. The second-order valence-corrected chi connectivity index (χ2v) is 4.41. The first-order valence-electron chi connectivity index (χ1n) is 5.53. The minimum Gasteiger partial charge on any atom is -0.478 e. The van der Waals surface area contributed by atoms with Gasteiger partial charge in [0, 0.05) is 6.20 Å². The predicted octanol–water partition coefficient (Wildman–Crippen LogP) is 1.46. The molecule has 8 heteroatoms. The van der Waals surface area contributed by atoms with E-state index >= 15 is 0 Å². The summed E-state index contributed by atoms with van der Waals surface area (Å²) in [5.41, 5.74) is -0.00885. The van der Waals surface area contributed by atoms with E-state index in [2.05, 4.69) is 15.1 Å². The van der Waals surface area contributed by atoms with Crippen molar-refractivity contribution >= 4 is 28.5 Å². The molecule has 2 heterocycles. The molecule has 2 N–H and O–H groups in total. The van der Waals surface area contributed by atoms with Gasteiger partial charge in [0.25, 0.3) is 5.56 Å². The highest BCUT2D eigenvalue weighted by atomic mass is 35.5. The highest BCUT2D eigenvalue weighted by molar-refractivity contribution is 6.35. The molecule has 3 rings (SSSR count). The molecule has 0 aliphatic carbocycles. The number of hydrogen-bond acceptors (Lipinski definition) is 4. The number of benzene rings is 1. The van der Waals surface area contributed by atoms with Gasteiger partial charge in [0.15, 0.2) is 0 Å². The molecule has 0 unspecified atom stereocenters. The van der Waals surface area contributed by atoms with E-state index in [1.807, 2.05) is 0 Å². The van der Waals surface area contributed by atoms with Crippen LogP contribution in [0.3, 0.4) is 0 Å². The molecule has 20 heavy (non-hydrogen) atoms. The highest BCUT2D eigenvalue weighted by Crippen LogP contribution is 2.18. The largest absolute Gasteiger partial charge is 0.478 e. The van der Waals surface area contributed by atoms with Gasteiger partial charge in [-0.2, -0.15) is 5.10 Å². The highest BCUT2D eigenvalue weighted by Gasteiger charge is 2.11. The maximum atomic E-state index is 12.0. The van der Waals surface area contributed by atoms with Crippen LogP contribution in [-0.4, -0.2) is 30.8 Å². The third-order valence-electron chi connectivity index (χ3n) is 2.72. The van der Waals surface area contributed by atoms with Crippen molar-refractivity contribution in [1.82, 2.24) is 19.7 Å². The molecule has 100 valence electrons. The van der Waals surface area contributed by atoms with E-state index in [0.717, 1.165) is 0 Å². The minimum atomic E-state index is -1.11. The van der Waals surface area contributed by atoms with Gasteiger partial charge in [0.2, 0.25) is 5.95 Å². The Morgan fingerprint density at radius 1 is 1.40 bits per heavy atom. The van der Waals surface area contributed by atoms with E-state index in [1.165, 1.54) is 17.1 Å². The van der Waals surface area contributed by atoms with Crippen molar-refractivity contribution in [2.75, 3.05) is 0 Å². The monoisotopic (exact) mass is 290 g/mol. The van der Waals surface area contributed by atoms with Crippen LogP contribution in [0.25, 0.3) is 16.9 Å². The number of rotatable bonds is 2. The van der Waals surface area contributed by atoms with E-state index in [9.17, 15) is 9.59 Å². The smallest absolute Gasteiger partial charge is 0.338 e. The summed E-state index contributed by atoms with van der Waals surface area (Å²) >= 11 is 5.95. The lowest BCUT2D eigenvalue weighted by Gasteiger charge is -2.03. The number of carboxylic acid groups (broad SMARTS) is 1. The Bertz CT molecular complexity index is 884. The zero-order valence-electron chi connectivity index (χ0n) is 9.87. The maximum absolute atomic E-state index is 12.0. The van der Waals surface area contributed by atoms with Crippen molar-refractivity contribution in [2.45, 2.75) is 0 Å². The molecule has 0 amide bonds. The van der Waals surface area contributed by atoms with Crippen molar-refractivity contribution in [3.05, 3.63) is 51.5 Å². The van der Waals surface area contributed by atoms with Gasteiger partial charge < -0.3 is 5.11 Å². The summed E-state index contributed by atoms with van der Waals surface area (Å²) < 4.78 is 1.19. The van der Waals surface area contributed by atoms with Crippen LogP contribution in [-0.2, 0) is 0 Å². The number of hydrogen-bond donors (Lipinski definition) is 2. The number of nitrogens with one attached hydrogen (secondary N) is 1. The van der Waals surface area contributed by atoms with Gasteiger partial charge in [0.05, 0.1) is 27.7 Å². The third kappa shape index (κ3) is 1.94. The SMILES string of the molecule is O=C(O)c1cnn(-c2nc3cccc(Cl)c3c(=O)[nH]2)c1. The Labute approximate surface area is 116 Å². The van der Waals surface area contributed by atoms with Gasteiger partial charge in [-0.1, -0.05) is 17.7 Å². The number of carbonyl (C=O) groups is 1. The second-order valence-electron chi connectivity index (χ2n) is 4.00. The molecule has 0 aliphatic heterocycles. The number of aromatic amines is 1. The summed E-state index contributed by atoms with van der Waals surface area (Å²) in [4.78, 5) is 29.5. The summed E-state index contributed by atoms with van der Waals surface area (Å²) in [5.74, 6) is -0.986. The fourth-order valence-corrected chi connectivity index (χ4v) is 2.05. The van der Waals surface area contributed by atoms with Crippen molar-refractivity contribution in [2.24, 2.45) is 0 Å². The van der Waals surface area contributed by atoms with Crippen molar-refractivity contribution < 1.29 is 9.90 Å². The number of fused-ring (bicyclic) bond motifs is 1. The van der Waals surface area contributed by atoms with E-state index in [0.29, 0.717) is 10.5 Å². The lowest BCUT2D eigenvalue weighted by molar-refractivity contribution is 0.0697. The standard InChI is InChI=1S/C12H7ClN4O3/c13-7-2-1-3-8-9(7)10(18)16-12(15-8)17-5-6(4-14-17)11(19)20/h1-5H,(H,19,20)(H,15,16,18). The number of nitrogens with zero attached hydrogens (tertiary/aromatic N) is 3. The third-order valence-corrected chi connectivity index (χ3v) is 3.03. The van der Waals surface area contributed by atoms with Crippen LogP contribution in [0.15, 0.2) is 35.4 Å². The van der Waals surface area contributed by atoms with Crippen molar-refractivity contribution in [3.63, 3.8) is 0 Å². The molecule has 7 nitrogen and oxygen atoms in total. The van der Waals surface area contributed by atoms with Gasteiger partial charge in [-0.3, -0.25) is 9.78 Å². The molecule has 1 aromatic carbocycles. The summed E-state index contributed by atoms with van der Waals surface area (Å²) in [6.45, 7) is 0. The van der Waals surface area contributed by atoms with Crippen LogP contribution in [0.4, 0.5) is 0 Å². The normalized spacial score (nSPS) is 10.8. The Morgan fingerprint density at radius 2 is 2.20 bits per heavy atom. The van der Waals surface area contributed by atoms with Crippen LogP contribution in [0, 0.1) is 0 Å². The zero-order valence-corrected chi connectivity index (χ0v) is 10.6. The fraction of sp³-hybridized carbons (Fsp3) is 0. The van der Waals surface area contributed by atoms with Gasteiger partial charge in [-0.25, -0.2) is 14.5 Å². The quantitative estimate of drug-likeness (QED) is 0.744. The van der Waals surface area contributed by atoms with Gasteiger partial charge in [-0.15, -0.1) is 0 Å². The lowest BCUT2D eigenvalue weighted by Crippen LogP contribution is -2.14. The van der Waals surface area contributed by atoms with E-state index < -0.39 is 11.5 Å². The number of carboxylic acids is 1. The summed E-state index contributed by atoms with van der Waals surface area (Å²) in [7, 11) is 0. The number of H-pyrrole nitrogens is 1. The zero-order chi connectivity index (χ0) is 14.3. The average Bonchev–Trinajstić information content (AvgIpc) is 2.88. The first-order valence-corrected chi connectivity index (χ1v) is 5.91. The van der Waals surface area contributed by atoms with Crippen molar-refractivity contribution in [1.29, 1.82) is 0 Å². The molecular weight excluding hydrogens is 284 g/mol. The van der Waals surface area contributed by atoms with E-state index in [-0.39, 0.29) is 16.9 Å². The van der Waals surface area contributed by atoms with Gasteiger partial charge in [-0.05, 0) is 12.1 Å². The maximum Gasteiger partial charge on any atom is 0.338 e. The number of aromatic nitrogens is 4. The van der Waals surface area contributed by atoms with Crippen molar-refractivity contribution in [3.8, 4) is 5.95 Å². The Kier molecular flexibility index (Phi) is 2.76. The molecule has 0 saturated heterocycles. The molecule has 0 radical (unpaired) electrons. The van der Waals surface area contributed by atoms with Crippen LogP contribution in [0.5, 0.6) is 0 Å². The summed E-state index contributed by atoms with van der Waals surface area (Å²) in [6.07, 6.45) is 2.43. The molecule has 0 bridgehead atoms. The van der Waals surface area contributed by atoms with Crippen LogP contribution in [0.1, 0.15) is 10.4 Å². The molecule has 3 aromatic rings. The average molecular weight is 291 g/mol. The van der Waals surface area contributed by atoms with E-state index in [4.69, 9.17) is 16.7 Å². The van der Waals surface area contributed by atoms with Gasteiger partial charge in [0.1, 0.15) is 0 Å². The predicted molar refractivity (Wildman–Crippen MR) is 71.5 cm³/mol. The fourth-order valence-electron chi connectivity index (χ4n) is 1.79. The molecule has 0 aliphatic rings. The summed E-state index contributed by atoms with van der Waals surface area (Å²) in [6, 6.07) is 4.91. The summed E-state index contributed by atoms with van der Waals surface area (Å²) in [5, 5.41) is 13.3. The minimum absolute atomic E-state index is 0.00107. The Balaban J connectivity index is 2.22. The van der Waals surface area contributed by atoms with Crippen LogP contribution in [0.2, 0.25) is 5.02 Å². The first kappa shape index (κ1) is 12.4. The molecule has 0 saturated carbocycles. The topological polar surface area (TPSA) is 101 Å². The first-order chi connectivity index (χ1) is 9.56. The van der Waals surface area contributed by atoms with Gasteiger partial charge >= 0.3 is 5.97 Å². The number of aromatic carboxylic acids is 1. The molecule has 2 aromatic heterocycles. The second kappa shape index (κ2) is 4.46. The molecule has 0 fully saturated rings. The van der Waals surface area contributed by atoms with E-state index in [1.54, 1.807) is 18.2 Å². The van der Waals surface area contributed by atoms with Crippen LogP contribution >= 0.6 is 11.6 Å². The molecule has 0 atom stereocenters. The molecular formula is C12H7ClN4O3. The Hall–Kier alpha value is -2.67. The lowest BCUT2D eigenvalue weighted by atomic mass is 10.2. The van der Waals surface area contributed by atoms with Crippen LogP contribution < -0.4 is 5.56 Å².